The highest BCUT2D eigenvalue weighted by Gasteiger charge is 2.06. The fraction of sp³-hybridized carbons (Fsp3) is 0. The first-order valence-corrected chi connectivity index (χ1v) is 6.47. The van der Waals surface area contributed by atoms with Crippen LogP contribution in [0.25, 0.3) is 0 Å². The minimum Gasteiger partial charge on any atom is -0.504 e. The SMILES string of the molecule is O=C(N/N=C\c1cc(O)c(O)c(Br)c1)c1ccccc1. The molecule has 0 spiro atoms. The molecular weight excluding hydrogens is 324 g/mol. The number of halogens is 1. The molecule has 3 N–H and O–H groups in total. The molecule has 0 fully saturated rings. The van der Waals surface area contributed by atoms with Crippen molar-refractivity contribution in [2.45, 2.75) is 0 Å². The number of nitrogens with zero attached hydrogens (tertiary/aromatic N) is 1. The number of hydrogen-bond acceptors (Lipinski definition) is 4. The number of carbonyl (C=O) groups excluding carboxylic acids is 1. The molecule has 0 aliphatic rings. The summed E-state index contributed by atoms with van der Waals surface area (Å²) in [6.45, 7) is 0. The lowest BCUT2D eigenvalue weighted by Gasteiger charge is -2.02. The van der Waals surface area contributed by atoms with E-state index in [4.69, 9.17) is 0 Å². The number of hydrogen-bond donors (Lipinski definition) is 3. The van der Waals surface area contributed by atoms with Crippen LogP contribution in [0.15, 0.2) is 52.0 Å². The van der Waals surface area contributed by atoms with E-state index in [1.165, 1.54) is 12.3 Å². The van der Waals surface area contributed by atoms with Gasteiger partial charge in [-0.15, -0.1) is 0 Å². The quantitative estimate of drug-likeness (QED) is 0.458. The van der Waals surface area contributed by atoms with E-state index in [1.807, 2.05) is 6.07 Å². The van der Waals surface area contributed by atoms with Crippen molar-refractivity contribution in [1.29, 1.82) is 0 Å². The van der Waals surface area contributed by atoms with Gasteiger partial charge in [-0.25, -0.2) is 5.43 Å². The van der Waals surface area contributed by atoms with Gasteiger partial charge in [0.05, 0.1) is 10.7 Å². The summed E-state index contributed by atoms with van der Waals surface area (Å²) < 4.78 is 0.341. The van der Waals surface area contributed by atoms with Gasteiger partial charge in [0.2, 0.25) is 0 Å². The van der Waals surface area contributed by atoms with Gasteiger partial charge < -0.3 is 10.2 Å². The molecule has 0 unspecified atom stereocenters. The Bertz CT molecular complexity index is 634. The summed E-state index contributed by atoms with van der Waals surface area (Å²) in [7, 11) is 0. The summed E-state index contributed by atoms with van der Waals surface area (Å²) in [6.07, 6.45) is 1.37. The monoisotopic (exact) mass is 334 g/mol. The number of carbonyl (C=O) groups is 1. The Morgan fingerprint density at radius 2 is 1.90 bits per heavy atom. The van der Waals surface area contributed by atoms with Gasteiger partial charge >= 0.3 is 0 Å². The van der Waals surface area contributed by atoms with E-state index in [1.54, 1.807) is 30.3 Å². The maximum atomic E-state index is 11.7. The van der Waals surface area contributed by atoms with Gasteiger partial charge in [0, 0.05) is 5.56 Å². The van der Waals surface area contributed by atoms with Crippen molar-refractivity contribution in [2.75, 3.05) is 0 Å². The average molecular weight is 335 g/mol. The fourth-order valence-corrected chi connectivity index (χ4v) is 1.97. The van der Waals surface area contributed by atoms with Crippen LogP contribution >= 0.6 is 15.9 Å². The zero-order chi connectivity index (χ0) is 14.5. The zero-order valence-electron chi connectivity index (χ0n) is 10.2. The minimum atomic E-state index is -0.330. The Balaban J connectivity index is 2.06. The van der Waals surface area contributed by atoms with E-state index in [2.05, 4.69) is 26.5 Å². The average Bonchev–Trinajstić information content (AvgIpc) is 2.45. The lowest BCUT2D eigenvalue weighted by atomic mass is 10.2. The molecule has 0 aromatic heterocycles. The molecule has 0 saturated carbocycles. The van der Waals surface area contributed by atoms with Crippen molar-refractivity contribution >= 4 is 28.1 Å². The van der Waals surface area contributed by atoms with Crippen LogP contribution in [0, 0.1) is 0 Å². The number of amides is 1. The molecule has 0 radical (unpaired) electrons. The summed E-state index contributed by atoms with van der Waals surface area (Å²) in [5.74, 6) is -0.838. The second-order valence-electron chi connectivity index (χ2n) is 3.94. The Kier molecular flexibility index (Phi) is 4.37. The lowest BCUT2D eigenvalue weighted by Crippen LogP contribution is -2.17. The molecule has 0 aliphatic carbocycles. The predicted molar refractivity (Wildman–Crippen MR) is 79.0 cm³/mol. The molecule has 2 aromatic rings. The van der Waals surface area contributed by atoms with Crippen LogP contribution in [0.5, 0.6) is 11.5 Å². The molecule has 2 rings (SSSR count). The summed E-state index contributed by atoms with van der Waals surface area (Å²) >= 11 is 3.10. The van der Waals surface area contributed by atoms with Crippen molar-refractivity contribution in [2.24, 2.45) is 5.10 Å². The van der Waals surface area contributed by atoms with Gasteiger partial charge in [-0.05, 0) is 45.8 Å². The molecule has 102 valence electrons. The standard InChI is InChI=1S/C14H11BrN2O3/c15-11-6-9(7-12(18)13(11)19)8-16-17-14(20)10-4-2-1-3-5-10/h1-8,18-19H,(H,17,20)/b16-8-. The maximum absolute atomic E-state index is 11.7. The Labute approximate surface area is 123 Å². The molecule has 0 atom stereocenters. The molecule has 6 heteroatoms. The molecule has 0 saturated heterocycles. The Hall–Kier alpha value is -2.34. The van der Waals surface area contributed by atoms with E-state index in [0.717, 1.165) is 0 Å². The molecule has 0 heterocycles. The van der Waals surface area contributed by atoms with Crippen LogP contribution in [0.3, 0.4) is 0 Å². The van der Waals surface area contributed by atoms with Gasteiger partial charge in [0.1, 0.15) is 0 Å². The van der Waals surface area contributed by atoms with Crippen LogP contribution in [-0.4, -0.2) is 22.3 Å². The summed E-state index contributed by atoms with van der Waals surface area (Å²) in [4.78, 5) is 11.7. The third-order valence-electron chi connectivity index (χ3n) is 2.48. The third kappa shape index (κ3) is 3.36. The first-order chi connectivity index (χ1) is 9.58. The molecule has 0 aliphatic heterocycles. The van der Waals surface area contributed by atoms with Crippen molar-refractivity contribution < 1.29 is 15.0 Å². The summed E-state index contributed by atoms with van der Waals surface area (Å²) in [5, 5.41) is 22.6. The number of nitrogens with one attached hydrogen (secondary N) is 1. The normalized spacial score (nSPS) is 10.7. The van der Waals surface area contributed by atoms with Gasteiger partial charge in [0.25, 0.3) is 5.91 Å². The third-order valence-corrected chi connectivity index (χ3v) is 3.09. The number of aromatic hydroxyl groups is 2. The second kappa shape index (κ2) is 6.21. The minimum absolute atomic E-state index is 0.240. The molecule has 20 heavy (non-hydrogen) atoms. The van der Waals surface area contributed by atoms with E-state index in [9.17, 15) is 15.0 Å². The predicted octanol–water partition coefficient (Wildman–Crippen LogP) is 2.62. The fourth-order valence-electron chi connectivity index (χ4n) is 1.50. The Morgan fingerprint density at radius 3 is 2.55 bits per heavy atom. The maximum Gasteiger partial charge on any atom is 0.271 e. The van der Waals surface area contributed by atoms with E-state index in [0.29, 0.717) is 15.6 Å². The Morgan fingerprint density at radius 1 is 1.20 bits per heavy atom. The highest BCUT2D eigenvalue weighted by molar-refractivity contribution is 9.10. The van der Waals surface area contributed by atoms with Gasteiger partial charge in [-0.3, -0.25) is 4.79 Å². The number of benzene rings is 2. The number of phenols is 2. The first kappa shape index (κ1) is 14.1. The van der Waals surface area contributed by atoms with Gasteiger partial charge in [0.15, 0.2) is 11.5 Å². The van der Waals surface area contributed by atoms with Crippen LogP contribution < -0.4 is 5.43 Å². The molecule has 1 amide bonds. The number of rotatable bonds is 3. The number of phenolic OH excluding ortho intramolecular Hbond substituents is 2. The van der Waals surface area contributed by atoms with Crippen LogP contribution in [0.1, 0.15) is 15.9 Å². The smallest absolute Gasteiger partial charge is 0.271 e. The molecule has 2 aromatic carbocycles. The van der Waals surface area contributed by atoms with Crippen molar-refractivity contribution in [3.63, 3.8) is 0 Å². The van der Waals surface area contributed by atoms with Gasteiger partial charge in [-0.1, -0.05) is 18.2 Å². The second-order valence-corrected chi connectivity index (χ2v) is 4.79. The van der Waals surface area contributed by atoms with Crippen LogP contribution in [0.4, 0.5) is 0 Å². The van der Waals surface area contributed by atoms with Crippen molar-refractivity contribution in [3.8, 4) is 11.5 Å². The molecule has 0 bridgehead atoms. The van der Waals surface area contributed by atoms with E-state index in [-0.39, 0.29) is 17.4 Å². The van der Waals surface area contributed by atoms with Gasteiger partial charge in [-0.2, -0.15) is 5.10 Å². The van der Waals surface area contributed by atoms with Crippen LogP contribution in [-0.2, 0) is 0 Å². The summed E-state index contributed by atoms with van der Waals surface area (Å²) in [6, 6.07) is 11.6. The van der Waals surface area contributed by atoms with Crippen molar-refractivity contribution in [1.82, 2.24) is 5.43 Å². The lowest BCUT2D eigenvalue weighted by molar-refractivity contribution is 0.0955. The molecular formula is C14H11BrN2O3. The number of hydrazone groups is 1. The van der Waals surface area contributed by atoms with Crippen molar-refractivity contribution in [3.05, 3.63) is 58.1 Å². The highest BCUT2D eigenvalue weighted by Crippen LogP contribution is 2.33. The van der Waals surface area contributed by atoms with Crippen LogP contribution in [0.2, 0.25) is 0 Å². The van der Waals surface area contributed by atoms with E-state index >= 15 is 0 Å². The highest BCUT2D eigenvalue weighted by atomic mass is 79.9. The zero-order valence-corrected chi connectivity index (χ0v) is 11.8. The van der Waals surface area contributed by atoms with E-state index < -0.39 is 0 Å². The first-order valence-electron chi connectivity index (χ1n) is 5.68. The largest absolute Gasteiger partial charge is 0.504 e. The summed E-state index contributed by atoms with van der Waals surface area (Å²) in [5.41, 5.74) is 3.40. The molecule has 5 nitrogen and oxygen atoms in total. The topological polar surface area (TPSA) is 81.9 Å².